The molecule has 0 aliphatic rings. The summed E-state index contributed by atoms with van der Waals surface area (Å²) in [7, 11) is 2.50. The SMILES string of the molecule is COC(=O)c1[nH]c(C)c(S(=O)(=O)Cl)c1Br. The molecule has 0 bridgehead atoms. The van der Waals surface area contributed by atoms with Crippen LogP contribution in [0.3, 0.4) is 0 Å². The van der Waals surface area contributed by atoms with Gasteiger partial charge in [-0.3, -0.25) is 0 Å². The Labute approximate surface area is 99.3 Å². The highest BCUT2D eigenvalue weighted by molar-refractivity contribution is 9.10. The van der Waals surface area contributed by atoms with Crippen LogP contribution in [0.5, 0.6) is 0 Å². The summed E-state index contributed by atoms with van der Waals surface area (Å²) in [5.74, 6) is -0.670. The molecule has 1 rings (SSSR count). The zero-order valence-corrected chi connectivity index (χ0v) is 11.0. The van der Waals surface area contributed by atoms with Gasteiger partial charge in [-0.15, -0.1) is 0 Å². The maximum Gasteiger partial charge on any atom is 0.355 e. The average molecular weight is 317 g/mol. The lowest BCUT2D eigenvalue weighted by Gasteiger charge is -1.96. The number of methoxy groups -OCH3 is 1. The quantitative estimate of drug-likeness (QED) is 0.667. The number of aryl methyl sites for hydroxylation is 1. The lowest BCUT2D eigenvalue weighted by molar-refractivity contribution is 0.0593. The number of aromatic amines is 1. The van der Waals surface area contributed by atoms with Gasteiger partial charge in [-0.05, 0) is 22.9 Å². The first-order valence-corrected chi connectivity index (χ1v) is 6.80. The third-order valence-corrected chi connectivity index (χ3v) is 4.22. The molecule has 15 heavy (non-hydrogen) atoms. The largest absolute Gasteiger partial charge is 0.464 e. The highest BCUT2D eigenvalue weighted by Crippen LogP contribution is 2.31. The van der Waals surface area contributed by atoms with Gasteiger partial charge in [0, 0.05) is 16.4 Å². The van der Waals surface area contributed by atoms with E-state index in [1.165, 1.54) is 14.0 Å². The average Bonchev–Trinajstić information content (AvgIpc) is 2.39. The number of H-pyrrole nitrogens is 1. The number of carbonyl (C=O) groups is 1. The predicted molar refractivity (Wildman–Crippen MR) is 57.6 cm³/mol. The van der Waals surface area contributed by atoms with Gasteiger partial charge in [0.25, 0.3) is 9.05 Å². The number of esters is 1. The number of hydrogen-bond donors (Lipinski definition) is 1. The first-order valence-electron chi connectivity index (χ1n) is 3.70. The van der Waals surface area contributed by atoms with E-state index in [2.05, 4.69) is 25.7 Å². The highest BCUT2D eigenvalue weighted by atomic mass is 79.9. The minimum Gasteiger partial charge on any atom is -0.464 e. The molecule has 0 amide bonds. The van der Waals surface area contributed by atoms with Crippen molar-refractivity contribution in [2.24, 2.45) is 0 Å². The lowest BCUT2D eigenvalue weighted by atomic mass is 10.4. The number of halogens is 2. The fraction of sp³-hybridized carbons (Fsp3) is 0.286. The summed E-state index contributed by atoms with van der Waals surface area (Å²) in [6.45, 7) is 1.49. The molecule has 0 fully saturated rings. The molecule has 1 aromatic heterocycles. The number of nitrogens with one attached hydrogen (secondary N) is 1. The first-order chi connectivity index (χ1) is 6.79. The van der Waals surface area contributed by atoms with E-state index >= 15 is 0 Å². The van der Waals surface area contributed by atoms with Crippen LogP contribution in [0, 0.1) is 6.92 Å². The standard InChI is InChI=1S/C7H7BrClNO4S/c1-3-6(15(9,12)13)4(8)5(10-3)7(11)14-2/h10H,1-2H3. The molecule has 1 N–H and O–H groups in total. The fourth-order valence-corrected chi connectivity index (χ4v) is 3.90. The van der Waals surface area contributed by atoms with Crippen molar-refractivity contribution in [2.45, 2.75) is 11.8 Å². The Morgan fingerprint density at radius 3 is 2.40 bits per heavy atom. The number of aromatic nitrogens is 1. The predicted octanol–water partition coefficient (Wildman–Crippen LogP) is 1.80. The maximum absolute atomic E-state index is 11.2. The number of ether oxygens (including phenoxy) is 1. The van der Waals surface area contributed by atoms with Gasteiger partial charge >= 0.3 is 5.97 Å². The van der Waals surface area contributed by atoms with Gasteiger partial charge in [-0.1, -0.05) is 0 Å². The van der Waals surface area contributed by atoms with E-state index in [9.17, 15) is 13.2 Å². The van der Waals surface area contributed by atoms with Gasteiger partial charge in [0.1, 0.15) is 10.6 Å². The van der Waals surface area contributed by atoms with Gasteiger partial charge in [0.2, 0.25) is 0 Å². The van der Waals surface area contributed by atoms with Gasteiger partial charge < -0.3 is 9.72 Å². The second kappa shape index (κ2) is 4.15. The summed E-state index contributed by atoms with van der Waals surface area (Å²) < 4.78 is 26.9. The zero-order valence-electron chi connectivity index (χ0n) is 7.80. The van der Waals surface area contributed by atoms with Crippen molar-refractivity contribution >= 4 is 41.6 Å². The third-order valence-electron chi connectivity index (χ3n) is 1.71. The lowest BCUT2D eigenvalue weighted by Crippen LogP contribution is -2.02. The van der Waals surface area contributed by atoms with Crippen LogP contribution >= 0.6 is 26.6 Å². The Kier molecular flexibility index (Phi) is 3.47. The molecule has 1 aromatic rings. The van der Waals surface area contributed by atoms with E-state index in [4.69, 9.17) is 10.7 Å². The first kappa shape index (κ1) is 12.5. The smallest absolute Gasteiger partial charge is 0.355 e. The Bertz CT molecular complexity index is 507. The van der Waals surface area contributed by atoms with Gasteiger partial charge in [-0.2, -0.15) is 0 Å². The molecule has 0 atom stereocenters. The van der Waals surface area contributed by atoms with Crippen LogP contribution in [0.2, 0.25) is 0 Å². The Balaban J connectivity index is 3.47. The van der Waals surface area contributed by atoms with E-state index in [1.807, 2.05) is 0 Å². The van der Waals surface area contributed by atoms with Crippen molar-refractivity contribution in [1.82, 2.24) is 4.98 Å². The number of carbonyl (C=O) groups excluding carboxylic acids is 1. The van der Waals surface area contributed by atoms with Crippen LogP contribution < -0.4 is 0 Å². The monoisotopic (exact) mass is 315 g/mol. The topological polar surface area (TPSA) is 76.2 Å². The molecule has 5 nitrogen and oxygen atoms in total. The normalized spacial score (nSPS) is 11.5. The molecular formula is C7H7BrClNO4S. The summed E-state index contributed by atoms with van der Waals surface area (Å²) in [5, 5.41) is 0. The van der Waals surface area contributed by atoms with Crippen LogP contribution in [-0.4, -0.2) is 26.5 Å². The number of hydrogen-bond acceptors (Lipinski definition) is 4. The zero-order chi connectivity index (χ0) is 11.8. The fourth-order valence-electron chi connectivity index (χ4n) is 1.11. The molecule has 0 aromatic carbocycles. The summed E-state index contributed by atoms with van der Waals surface area (Å²) in [4.78, 5) is 13.6. The highest BCUT2D eigenvalue weighted by Gasteiger charge is 2.26. The molecule has 0 spiro atoms. The van der Waals surface area contributed by atoms with Crippen molar-refractivity contribution in [1.29, 1.82) is 0 Å². The van der Waals surface area contributed by atoms with Crippen molar-refractivity contribution in [3.8, 4) is 0 Å². The van der Waals surface area contributed by atoms with Crippen molar-refractivity contribution in [3.05, 3.63) is 15.9 Å². The van der Waals surface area contributed by atoms with Crippen LogP contribution in [0.1, 0.15) is 16.2 Å². The minimum absolute atomic E-state index is 0.0224. The van der Waals surface area contributed by atoms with Crippen LogP contribution in [0.4, 0.5) is 0 Å². The molecule has 84 valence electrons. The Morgan fingerprint density at radius 1 is 1.53 bits per heavy atom. The van der Waals surface area contributed by atoms with E-state index in [0.29, 0.717) is 0 Å². The molecule has 0 saturated heterocycles. The van der Waals surface area contributed by atoms with Gasteiger partial charge in [0.05, 0.1) is 11.6 Å². The summed E-state index contributed by atoms with van der Waals surface area (Å²) in [6.07, 6.45) is 0. The van der Waals surface area contributed by atoms with E-state index in [1.54, 1.807) is 0 Å². The molecule has 0 saturated carbocycles. The van der Waals surface area contributed by atoms with Crippen LogP contribution in [-0.2, 0) is 13.8 Å². The van der Waals surface area contributed by atoms with E-state index in [0.717, 1.165) is 0 Å². The molecular weight excluding hydrogens is 310 g/mol. The minimum atomic E-state index is -3.90. The molecule has 1 heterocycles. The Morgan fingerprint density at radius 2 is 2.07 bits per heavy atom. The van der Waals surface area contributed by atoms with Crippen molar-refractivity contribution in [3.63, 3.8) is 0 Å². The van der Waals surface area contributed by atoms with Crippen LogP contribution in [0.15, 0.2) is 9.37 Å². The Hall–Kier alpha value is -0.530. The third kappa shape index (κ3) is 2.35. The molecule has 0 aliphatic heterocycles. The molecule has 8 heteroatoms. The second-order valence-electron chi connectivity index (χ2n) is 2.70. The van der Waals surface area contributed by atoms with Gasteiger partial charge in [-0.25, -0.2) is 13.2 Å². The van der Waals surface area contributed by atoms with Crippen molar-refractivity contribution in [2.75, 3.05) is 7.11 Å². The summed E-state index contributed by atoms with van der Waals surface area (Å²) in [6, 6.07) is 0. The van der Waals surface area contributed by atoms with Crippen LogP contribution in [0.25, 0.3) is 0 Å². The molecule has 0 unspecified atom stereocenters. The molecule has 0 aliphatic carbocycles. The van der Waals surface area contributed by atoms with Gasteiger partial charge in [0.15, 0.2) is 0 Å². The maximum atomic E-state index is 11.2. The van der Waals surface area contributed by atoms with E-state index < -0.39 is 15.0 Å². The number of rotatable bonds is 2. The summed E-state index contributed by atoms with van der Waals surface area (Å²) in [5.41, 5.74) is 0.298. The molecule has 0 radical (unpaired) electrons. The summed E-state index contributed by atoms with van der Waals surface area (Å²) >= 11 is 2.98. The second-order valence-corrected chi connectivity index (χ2v) is 5.99. The van der Waals surface area contributed by atoms with Crippen molar-refractivity contribution < 1.29 is 17.9 Å². The van der Waals surface area contributed by atoms with E-state index in [-0.39, 0.29) is 20.8 Å².